The van der Waals surface area contributed by atoms with Crippen molar-refractivity contribution in [1.29, 1.82) is 0 Å². The average Bonchev–Trinajstić information content (AvgIpc) is 2.92. The molecule has 0 fully saturated rings. The predicted octanol–water partition coefficient (Wildman–Crippen LogP) is 4.86. The van der Waals surface area contributed by atoms with Crippen LogP contribution in [0.1, 0.15) is 41.1 Å². The summed E-state index contributed by atoms with van der Waals surface area (Å²) in [4.78, 5) is 13.8. The molecule has 1 aliphatic carbocycles. The van der Waals surface area contributed by atoms with E-state index in [-0.39, 0.29) is 5.97 Å². The zero-order valence-electron chi connectivity index (χ0n) is 14.4. The topological polar surface area (TPSA) is 50.4 Å². The maximum absolute atomic E-state index is 12.5. The Balaban J connectivity index is 1.84. The van der Waals surface area contributed by atoms with Crippen molar-refractivity contribution in [3.05, 3.63) is 46.3 Å². The Morgan fingerprint density at radius 2 is 2.08 bits per heavy atom. The zero-order valence-corrected chi connectivity index (χ0v) is 16.1. The summed E-state index contributed by atoms with van der Waals surface area (Å²) in [5, 5.41) is 7.62. The van der Waals surface area contributed by atoms with Crippen LogP contribution >= 0.6 is 23.6 Å². The Kier molecular flexibility index (Phi) is 5.71. The number of thiophene rings is 1. The van der Waals surface area contributed by atoms with E-state index in [0.29, 0.717) is 23.2 Å². The summed E-state index contributed by atoms with van der Waals surface area (Å²) < 4.78 is 5.28. The van der Waals surface area contributed by atoms with Crippen molar-refractivity contribution in [2.45, 2.75) is 33.1 Å². The lowest BCUT2D eigenvalue weighted by atomic mass is 9.88. The molecule has 0 unspecified atom stereocenters. The summed E-state index contributed by atoms with van der Waals surface area (Å²) in [5.41, 5.74) is 2.70. The van der Waals surface area contributed by atoms with Crippen LogP contribution in [-0.2, 0) is 17.6 Å². The molecule has 1 atom stereocenters. The third kappa shape index (κ3) is 4.19. The van der Waals surface area contributed by atoms with E-state index in [1.807, 2.05) is 37.3 Å². The molecule has 0 bridgehead atoms. The number of anilines is 2. The molecular weight excluding hydrogens is 352 g/mol. The smallest absolute Gasteiger partial charge is 0.341 e. The largest absolute Gasteiger partial charge is 0.462 e. The van der Waals surface area contributed by atoms with E-state index < -0.39 is 0 Å². The number of fused-ring (bicyclic) bond motifs is 1. The summed E-state index contributed by atoms with van der Waals surface area (Å²) in [6.45, 7) is 4.45. The van der Waals surface area contributed by atoms with E-state index in [4.69, 9.17) is 17.0 Å². The van der Waals surface area contributed by atoms with Gasteiger partial charge in [-0.05, 0) is 62.0 Å². The molecule has 132 valence electrons. The number of carbonyl (C=O) groups is 1. The standard InChI is InChI=1S/C19H22N2O2S2/c1-3-23-18(22)16-14-10-9-12(2)11-15(14)25-17(16)21-19(24)20-13-7-5-4-6-8-13/h4-8,12H,3,9-11H2,1-2H3,(H2,20,21,24)/t12-/m1/s1. The van der Waals surface area contributed by atoms with Gasteiger partial charge in [0.15, 0.2) is 5.11 Å². The fourth-order valence-corrected chi connectivity index (χ4v) is 4.73. The van der Waals surface area contributed by atoms with Gasteiger partial charge in [-0.15, -0.1) is 11.3 Å². The van der Waals surface area contributed by atoms with Crippen LogP contribution in [-0.4, -0.2) is 17.7 Å². The van der Waals surface area contributed by atoms with E-state index in [0.717, 1.165) is 35.5 Å². The molecule has 1 aromatic carbocycles. The van der Waals surface area contributed by atoms with E-state index in [1.54, 1.807) is 11.3 Å². The SMILES string of the molecule is CCOC(=O)c1c(NC(=S)Nc2ccccc2)sc2c1CC[C@@H](C)C2. The number of rotatable bonds is 4. The van der Waals surface area contributed by atoms with Crippen LogP contribution in [0.3, 0.4) is 0 Å². The molecule has 4 nitrogen and oxygen atoms in total. The molecule has 0 spiro atoms. The first-order valence-corrected chi connectivity index (χ1v) is 9.75. The molecule has 3 rings (SSSR count). The predicted molar refractivity (Wildman–Crippen MR) is 108 cm³/mol. The van der Waals surface area contributed by atoms with E-state index in [2.05, 4.69) is 17.6 Å². The summed E-state index contributed by atoms with van der Waals surface area (Å²) in [6, 6.07) is 9.73. The number of ether oxygens (including phenoxy) is 1. The number of benzene rings is 1. The molecule has 0 amide bonds. The molecule has 1 heterocycles. The first kappa shape index (κ1) is 17.9. The molecule has 0 saturated carbocycles. The Morgan fingerprint density at radius 1 is 1.32 bits per heavy atom. The summed E-state index contributed by atoms with van der Waals surface area (Å²) in [7, 11) is 0. The molecule has 0 radical (unpaired) electrons. The van der Waals surface area contributed by atoms with E-state index in [9.17, 15) is 4.79 Å². The monoisotopic (exact) mass is 374 g/mol. The van der Waals surface area contributed by atoms with Crippen LogP contribution in [0.4, 0.5) is 10.7 Å². The van der Waals surface area contributed by atoms with Crippen LogP contribution < -0.4 is 10.6 Å². The molecule has 1 aliphatic rings. The Labute approximate surface area is 157 Å². The summed E-state index contributed by atoms with van der Waals surface area (Å²) >= 11 is 7.04. The highest BCUT2D eigenvalue weighted by atomic mass is 32.1. The van der Waals surface area contributed by atoms with Crippen LogP contribution in [0.15, 0.2) is 30.3 Å². The molecule has 0 aliphatic heterocycles. The second-order valence-electron chi connectivity index (χ2n) is 6.22. The van der Waals surface area contributed by atoms with Gasteiger partial charge in [0.25, 0.3) is 0 Å². The summed E-state index contributed by atoms with van der Waals surface area (Å²) in [6.07, 6.45) is 3.02. The number of carbonyl (C=O) groups excluding carboxylic acids is 1. The lowest BCUT2D eigenvalue weighted by Gasteiger charge is -2.18. The third-order valence-electron chi connectivity index (χ3n) is 4.25. The van der Waals surface area contributed by atoms with Gasteiger partial charge in [-0.2, -0.15) is 0 Å². The number of thiocarbonyl (C=S) groups is 1. The van der Waals surface area contributed by atoms with Crippen molar-refractivity contribution in [1.82, 2.24) is 0 Å². The fourth-order valence-electron chi connectivity index (χ4n) is 3.04. The van der Waals surface area contributed by atoms with Gasteiger partial charge in [-0.3, -0.25) is 0 Å². The highest BCUT2D eigenvalue weighted by Gasteiger charge is 2.28. The van der Waals surface area contributed by atoms with Crippen molar-refractivity contribution in [2.24, 2.45) is 5.92 Å². The van der Waals surface area contributed by atoms with Gasteiger partial charge in [-0.25, -0.2) is 4.79 Å². The van der Waals surface area contributed by atoms with Crippen LogP contribution in [0.5, 0.6) is 0 Å². The molecule has 2 aromatic rings. The average molecular weight is 375 g/mol. The van der Waals surface area contributed by atoms with Gasteiger partial charge in [0.2, 0.25) is 0 Å². The minimum atomic E-state index is -0.264. The van der Waals surface area contributed by atoms with E-state index >= 15 is 0 Å². The van der Waals surface area contributed by atoms with Gasteiger partial charge in [0.05, 0.1) is 12.2 Å². The highest BCUT2D eigenvalue weighted by molar-refractivity contribution is 7.80. The molecular formula is C19H22N2O2S2. The second-order valence-corrected chi connectivity index (χ2v) is 7.73. The molecule has 25 heavy (non-hydrogen) atoms. The minimum Gasteiger partial charge on any atom is -0.462 e. The second kappa shape index (κ2) is 7.97. The van der Waals surface area contributed by atoms with Crippen molar-refractivity contribution < 1.29 is 9.53 Å². The minimum absolute atomic E-state index is 0.264. The maximum Gasteiger partial charge on any atom is 0.341 e. The Morgan fingerprint density at radius 3 is 2.80 bits per heavy atom. The molecule has 2 N–H and O–H groups in total. The van der Waals surface area contributed by atoms with Crippen molar-refractivity contribution in [3.63, 3.8) is 0 Å². The highest BCUT2D eigenvalue weighted by Crippen LogP contribution is 2.40. The van der Waals surface area contributed by atoms with Crippen LogP contribution in [0.25, 0.3) is 0 Å². The van der Waals surface area contributed by atoms with Crippen molar-refractivity contribution in [2.75, 3.05) is 17.2 Å². The Hall–Kier alpha value is -1.92. The van der Waals surface area contributed by atoms with Gasteiger partial charge in [0, 0.05) is 10.6 Å². The third-order valence-corrected chi connectivity index (χ3v) is 5.62. The lowest BCUT2D eigenvalue weighted by molar-refractivity contribution is 0.0526. The fraction of sp³-hybridized carbons (Fsp3) is 0.368. The maximum atomic E-state index is 12.5. The number of nitrogens with one attached hydrogen (secondary N) is 2. The number of hydrogen-bond donors (Lipinski definition) is 2. The quantitative estimate of drug-likeness (QED) is 0.591. The number of para-hydroxylation sites is 1. The van der Waals surface area contributed by atoms with Crippen LogP contribution in [0.2, 0.25) is 0 Å². The van der Waals surface area contributed by atoms with Gasteiger partial charge < -0.3 is 15.4 Å². The van der Waals surface area contributed by atoms with Crippen molar-refractivity contribution >= 4 is 45.3 Å². The molecule has 6 heteroatoms. The zero-order chi connectivity index (χ0) is 17.8. The van der Waals surface area contributed by atoms with Gasteiger partial charge in [0.1, 0.15) is 5.00 Å². The van der Waals surface area contributed by atoms with Crippen LogP contribution in [0, 0.1) is 5.92 Å². The molecule has 1 aromatic heterocycles. The van der Waals surface area contributed by atoms with Gasteiger partial charge >= 0.3 is 5.97 Å². The first-order valence-electron chi connectivity index (χ1n) is 8.53. The van der Waals surface area contributed by atoms with E-state index in [1.165, 1.54) is 4.88 Å². The van der Waals surface area contributed by atoms with Crippen molar-refractivity contribution in [3.8, 4) is 0 Å². The normalized spacial score (nSPS) is 16.0. The summed E-state index contributed by atoms with van der Waals surface area (Å²) in [5.74, 6) is 0.378. The number of hydrogen-bond acceptors (Lipinski definition) is 4. The lowest BCUT2D eigenvalue weighted by Crippen LogP contribution is -2.20. The number of esters is 1. The molecule has 0 saturated heterocycles. The first-order chi connectivity index (χ1) is 12.1. The Bertz CT molecular complexity index is 771. The van der Waals surface area contributed by atoms with Gasteiger partial charge in [-0.1, -0.05) is 25.1 Å².